The van der Waals surface area contributed by atoms with Gasteiger partial charge >= 0.3 is 7.82 Å². The van der Waals surface area contributed by atoms with Crippen LogP contribution in [-0.2, 0) is 9.98 Å². The summed E-state index contributed by atoms with van der Waals surface area (Å²) in [6.07, 6.45) is 0. The van der Waals surface area contributed by atoms with Gasteiger partial charge in [-0.05, 0) is 23.1 Å². The molecule has 0 aliphatic carbocycles. The molecule has 0 fully saturated rings. The summed E-state index contributed by atoms with van der Waals surface area (Å²) in [5, 5.41) is 0. The molecule has 1 atom stereocenters. The summed E-state index contributed by atoms with van der Waals surface area (Å²) in [6, 6.07) is 5.16. The first-order valence-corrected chi connectivity index (χ1v) is 6.09. The Hall–Kier alpha value is -0.990. The number of rotatable bonds is 0. The highest BCUT2D eigenvalue weighted by Gasteiger charge is 2.27. The molecule has 0 N–H and O–H groups in total. The molecule has 4 nitrogen and oxygen atoms in total. The van der Waals surface area contributed by atoms with Crippen molar-refractivity contribution in [3.63, 3.8) is 0 Å². The molecule has 1 aliphatic heterocycles. The number of hydrogen-bond acceptors (Lipinski definition) is 4. The molecule has 0 bridgehead atoms. The van der Waals surface area contributed by atoms with E-state index in [2.05, 4.69) is 4.52 Å². The van der Waals surface area contributed by atoms with Gasteiger partial charge in [-0.15, -0.1) is 0 Å². The van der Waals surface area contributed by atoms with Crippen molar-refractivity contribution in [2.75, 3.05) is 0 Å². The van der Waals surface area contributed by atoms with E-state index in [1.165, 1.54) is 0 Å². The van der Waals surface area contributed by atoms with Crippen molar-refractivity contribution >= 4 is 7.82 Å². The van der Waals surface area contributed by atoms with Gasteiger partial charge in [0, 0.05) is 0 Å². The number of hydrogen-bond donors (Lipinski definition) is 0. The molecule has 2 rings (SSSR count). The zero-order valence-corrected chi connectivity index (χ0v) is 9.71. The van der Waals surface area contributed by atoms with E-state index in [9.17, 15) is 9.46 Å². The molecular weight excluding hydrogens is 215 g/mol. The summed E-state index contributed by atoms with van der Waals surface area (Å²) in [6.45, 7) is 6.13. The molecule has 0 amide bonds. The van der Waals surface area contributed by atoms with Crippen LogP contribution in [0.2, 0.25) is 0 Å². The third kappa shape index (κ3) is 2.01. The molecule has 1 aromatic rings. The van der Waals surface area contributed by atoms with Gasteiger partial charge in [-0.25, -0.2) is 4.57 Å². The quantitative estimate of drug-likeness (QED) is 0.637. The van der Waals surface area contributed by atoms with E-state index >= 15 is 0 Å². The Labute approximate surface area is 88.5 Å². The Kier molecular flexibility index (Phi) is 2.11. The van der Waals surface area contributed by atoms with Crippen LogP contribution in [0.3, 0.4) is 0 Å². The number of phosphoric acid groups is 1. The number of benzene rings is 1. The van der Waals surface area contributed by atoms with Gasteiger partial charge in [-0.2, -0.15) is 0 Å². The van der Waals surface area contributed by atoms with Crippen molar-refractivity contribution in [1.82, 2.24) is 0 Å². The minimum absolute atomic E-state index is 0.0478. The Bertz CT molecular complexity index is 447. The SMILES string of the molecule is CC(C)(C)c1ccc2c(c1)OP(=O)([O-])O2. The lowest BCUT2D eigenvalue weighted by molar-refractivity contribution is -0.205. The fourth-order valence-corrected chi connectivity index (χ4v) is 2.19. The highest BCUT2D eigenvalue weighted by molar-refractivity contribution is 7.47. The monoisotopic (exact) mass is 227 g/mol. The van der Waals surface area contributed by atoms with E-state index in [0.717, 1.165) is 5.56 Å². The summed E-state index contributed by atoms with van der Waals surface area (Å²) in [5.74, 6) is 0.544. The molecule has 82 valence electrons. The molecule has 0 radical (unpaired) electrons. The molecule has 1 aliphatic rings. The zero-order chi connectivity index (χ0) is 11.3. The second-order valence-electron chi connectivity index (χ2n) is 4.54. The van der Waals surface area contributed by atoms with Crippen LogP contribution in [0.1, 0.15) is 26.3 Å². The molecule has 1 aromatic carbocycles. The lowest BCUT2D eigenvalue weighted by Crippen LogP contribution is -2.10. The average molecular weight is 227 g/mol. The van der Waals surface area contributed by atoms with Crippen LogP contribution in [0, 0.1) is 0 Å². The highest BCUT2D eigenvalue weighted by Crippen LogP contribution is 2.53. The lowest BCUT2D eigenvalue weighted by atomic mass is 9.87. The Balaban J connectivity index is 2.43. The van der Waals surface area contributed by atoms with Crippen LogP contribution in [-0.4, -0.2) is 0 Å². The van der Waals surface area contributed by atoms with Gasteiger partial charge in [0.2, 0.25) is 0 Å². The molecular formula is C10H12O4P-. The van der Waals surface area contributed by atoms with E-state index in [-0.39, 0.29) is 16.9 Å². The van der Waals surface area contributed by atoms with E-state index in [1.807, 2.05) is 26.8 Å². The molecule has 0 spiro atoms. The Morgan fingerprint density at radius 2 is 1.80 bits per heavy atom. The fourth-order valence-electron chi connectivity index (χ4n) is 1.38. The van der Waals surface area contributed by atoms with E-state index in [0.29, 0.717) is 0 Å². The minimum atomic E-state index is -4.15. The van der Waals surface area contributed by atoms with Crippen molar-refractivity contribution in [2.45, 2.75) is 26.2 Å². The second kappa shape index (κ2) is 3.00. The fraction of sp³-hybridized carbons (Fsp3) is 0.400. The predicted molar refractivity (Wildman–Crippen MR) is 54.0 cm³/mol. The summed E-state index contributed by atoms with van der Waals surface area (Å²) in [4.78, 5) is 11.0. The lowest BCUT2D eigenvalue weighted by Gasteiger charge is -2.18. The standard InChI is InChI=1S/C10H13O4P/c1-10(2,3)7-4-5-8-9(6-7)14-15(11,12)13-8/h4-6H,1-3H3,(H,11,12)/p-1. The molecule has 0 aromatic heterocycles. The summed E-state index contributed by atoms with van der Waals surface area (Å²) < 4.78 is 20.4. The van der Waals surface area contributed by atoms with Crippen molar-refractivity contribution < 1.29 is 18.5 Å². The van der Waals surface area contributed by atoms with Crippen LogP contribution in [0.4, 0.5) is 0 Å². The van der Waals surface area contributed by atoms with Gasteiger partial charge in [0.15, 0.2) is 11.5 Å². The van der Waals surface area contributed by atoms with Gasteiger partial charge < -0.3 is 13.9 Å². The van der Waals surface area contributed by atoms with Crippen LogP contribution in [0.15, 0.2) is 18.2 Å². The first kappa shape index (κ1) is 10.5. The number of phosphoric ester groups is 1. The van der Waals surface area contributed by atoms with E-state index in [1.54, 1.807) is 12.1 Å². The van der Waals surface area contributed by atoms with Gasteiger partial charge in [-0.1, -0.05) is 26.8 Å². The minimum Gasteiger partial charge on any atom is -0.736 e. The van der Waals surface area contributed by atoms with Crippen molar-refractivity contribution in [2.24, 2.45) is 0 Å². The van der Waals surface area contributed by atoms with E-state index < -0.39 is 7.82 Å². The van der Waals surface area contributed by atoms with Crippen LogP contribution in [0.25, 0.3) is 0 Å². The molecule has 1 unspecified atom stereocenters. The Morgan fingerprint density at radius 1 is 1.20 bits per heavy atom. The molecule has 0 saturated carbocycles. The summed E-state index contributed by atoms with van der Waals surface area (Å²) >= 11 is 0. The summed E-state index contributed by atoms with van der Waals surface area (Å²) in [5.41, 5.74) is 0.958. The van der Waals surface area contributed by atoms with Crippen LogP contribution < -0.4 is 13.9 Å². The molecule has 5 heteroatoms. The largest absolute Gasteiger partial charge is 0.736 e. The molecule has 1 heterocycles. The highest BCUT2D eigenvalue weighted by atomic mass is 31.2. The number of fused-ring (bicyclic) bond motifs is 1. The average Bonchev–Trinajstić information content (AvgIpc) is 2.34. The third-order valence-electron chi connectivity index (χ3n) is 2.23. The van der Waals surface area contributed by atoms with Gasteiger partial charge in [-0.3, -0.25) is 0 Å². The summed E-state index contributed by atoms with van der Waals surface area (Å²) in [7, 11) is -4.15. The van der Waals surface area contributed by atoms with Crippen molar-refractivity contribution in [3.8, 4) is 11.5 Å². The second-order valence-corrected chi connectivity index (χ2v) is 5.80. The third-order valence-corrected chi connectivity index (χ3v) is 3.07. The van der Waals surface area contributed by atoms with Gasteiger partial charge in [0.1, 0.15) is 0 Å². The topological polar surface area (TPSA) is 58.6 Å². The van der Waals surface area contributed by atoms with Crippen LogP contribution in [0.5, 0.6) is 11.5 Å². The van der Waals surface area contributed by atoms with Crippen LogP contribution >= 0.6 is 7.82 Å². The van der Waals surface area contributed by atoms with Crippen molar-refractivity contribution in [1.29, 1.82) is 0 Å². The Morgan fingerprint density at radius 3 is 2.40 bits per heavy atom. The van der Waals surface area contributed by atoms with E-state index in [4.69, 9.17) is 4.52 Å². The first-order chi connectivity index (χ1) is 6.78. The maximum absolute atomic E-state index is 11.0. The molecule has 0 saturated heterocycles. The first-order valence-electron chi connectivity index (χ1n) is 4.63. The molecule has 15 heavy (non-hydrogen) atoms. The maximum Gasteiger partial charge on any atom is 0.372 e. The normalized spacial score (nSPS) is 24.3. The van der Waals surface area contributed by atoms with Gasteiger partial charge in [0.25, 0.3) is 0 Å². The maximum atomic E-state index is 11.0. The predicted octanol–water partition coefficient (Wildman–Crippen LogP) is 2.22. The van der Waals surface area contributed by atoms with Gasteiger partial charge in [0.05, 0.1) is 0 Å². The zero-order valence-electron chi connectivity index (χ0n) is 8.81. The smallest absolute Gasteiger partial charge is 0.372 e. The van der Waals surface area contributed by atoms with Crippen molar-refractivity contribution in [3.05, 3.63) is 23.8 Å².